The first-order chi connectivity index (χ1) is 5.61. The first-order valence-corrected chi connectivity index (χ1v) is 4.50. The van der Waals surface area contributed by atoms with Gasteiger partial charge in [-0.15, -0.1) is 0 Å². The molecule has 66 valence electrons. The lowest BCUT2D eigenvalue weighted by Gasteiger charge is -2.15. The summed E-state index contributed by atoms with van der Waals surface area (Å²) in [6, 6.07) is 0. The summed E-state index contributed by atoms with van der Waals surface area (Å²) in [6.07, 6.45) is 6.10. The molecular weight excluding hydrogens is 148 g/mol. The third-order valence-corrected chi connectivity index (χ3v) is 2.14. The zero-order chi connectivity index (χ0) is 9.14. The Bertz CT molecular complexity index is 242. The minimum Gasteiger partial charge on any atom is -0.294 e. The molecule has 0 aromatic rings. The van der Waals surface area contributed by atoms with Crippen molar-refractivity contribution in [1.82, 2.24) is 0 Å². The van der Waals surface area contributed by atoms with Crippen LogP contribution < -0.4 is 0 Å². The summed E-state index contributed by atoms with van der Waals surface area (Å²) in [5.41, 5.74) is 2.11. The van der Waals surface area contributed by atoms with Crippen molar-refractivity contribution in [3.05, 3.63) is 23.3 Å². The van der Waals surface area contributed by atoms with Crippen molar-refractivity contribution in [1.29, 1.82) is 0 Å². The Morgan fingerprint density at radius 3 is 2.83 bits per heavy atom. The molecule has 0 heterocycles. The van der Waals surface area contributed by atoms with Crippen LogP contribution in [-0.4, -0.2) is 5.78 Å². The van der Waals surface area contributed by atoms with Crippen molar-refractivity contribution in [2.24, 2.45) is 5.92 Å². The van der Waals surface area contributed by atoms with Crippen molar-refractivity contribution in [3.8, 4) is 0 Å². The fraction of sp³-hybridized carbons (Fsp3) is 0.545. The Morgan fingerprint density at radius 1 is 1.58 bits per heavy atom. The molecule has 1 nitrogen and oxygen atoms in total. The van der Waals surface area contributed by atoms with Crippen LogP contribution in [0, 0.1) is 5.92 Å². The van der Waals surface area contributed by atoms with Gasteiger partial charge in [-0.2, -0.15) is 0 Å². The van der Waals surface area contributed by atoms with E-state index in [1.54, 1.807) is 0 Å². The minimum atomic E-state index is 0.223. The molecule has 0 N–H and O–H groups in total. The van der Waals surface area contributed by atoms with Gasteiger partial charge in [0.25, 0.3) is 0 Å². The van der Waals surface area contributed by atoms with Crippen LogP contribution in [0.4, 0.5) is 0 Å². The molecule has 0 spiro atoms. The van der Waals surface area contributed by atoms with Crippen LogP contribution in [0.1, 0.15) is 33.6 Å². The van der Waals surface area contributed by atoms with E-state index in [0.717, 1.165) is 18.4 Å². The largest absolute Gasteiger partial charge is 0.294 e. The van der Waals surface area contributed by atoms with Crippen LogP contribution in [0.15, 0.2) is 23.3 Å². The van der Waals surface area contributed by atoms with Gasteiger partial charge < -0.3 is 0 Å². The topological polar surface area (TPSA) is 17.1 Å². The molecule has 0 amide bonds. The maximum absolute atomic E-state index is 11.5. The van der Waals surface area contributed by atoms with Gasteiger partial charge in [0.2, 0.25) is 0 Å². The highest BCUT2D eigenvalue weighted by Gasteiger charge is 2.19. The van der Waals surface area contributed by atoms with E-state index >= 15 is 0 Å². The van der Waals surface area contributed by atoms with Crippen LogP contribution >= 0.6 is 0 Å². The molecule has 1 unspecified atom stereocenters. The molecule has 0 aliphatic heterocycles. The molecule has 0 saturated heterocycles. The average molecular weight is 164 g/mol. The smallest absolute Gasteiger partial charge is 0.165 e. The second kappa shape index (κ2) is 3.70. The lowest BCUT2D eigenvalue weighted by Crippen LogP contribution is -2.16. The molecule has 0 fully saturated rings. The van der Waals surface area contributed by atoms with Crippen LogP contribution in [0.3, 0.4) is 0 Å². The summed E-state index contributed by atoms with van der Waals surface area (Å²) in [5.74, 6) is 0.531. The number of allylic oxidation sites excluding steroid dienone is 4. The van der Waals surface area contributed by atoms with Crippen LogP contribution in [0.25, 0.3) is 0 Å². The molecule has 1 aliphatic carbocycles. The summed E-state index contributed by atoms with van der Waals surface area (Å²) in [7, 11) is 0. The summed E-state index contributed by atoms with van der Waals surface area (Å²) in [4.78, 5) is 11.5. The molecule has 12 heavy (non-hydrogen) atoms. The van der Waals surface area contributed by atoms with Crippen molar-refractivity contribution < 1.29 is 4.79 Å². The van der Waals surface area contributed by atoms with Gasteiger partial charge in [-0.1, -0.05) is 24.6 Å². The molecule has 0 aromatic carbocycles. The predicted molar refractivity (Wildman–Crippen MR) is 50.9 cm³/mol. The van der Waals surface area contributed by atoms with E-state index in [1.807, 2.05) is 26.8 Å². The molecule has 0 saturated carbocycles. The van der Waals surface area contributed by atoms with E-state index in [2.05, 4.69) is 6.08 Å². The van der Waals surface area contributed by atoms with Gasteiger partial charge in [0.15, 0.2) is 5.78 Å². The van der Waals surface area contributed by atoms with Gasteiger partial charge in [0, 0.05) is 11.5 Å². The van der Waals surface area contributed by atoms with Crippen LogP contribution in [-0.2, 0) is 4.79 Å². The van der Waals surface area contributed by atoms with Crippen molar-refractivity contribution in [2.45, 2.75) is 33.6 Å². The quantitative estimate of drug-likeness (QED) is 0.582. The van der Waals surface area contributed by atoms with E-state index in [-0.39, 0.29) is 5.92 Å². The first-order valence-electron chi connectivity index (χ1n) is 4.50. The van der Waals surface area contributed by atoms with Gasteiger partial charge >= 0.3 is 0 Å². The normalized spacial score (nSPS) is 23.4. The minimum absolute atomic E-state index is 0.223. The monoisotopic (exact) mass is 164 g/mol. The number of Topliss-reactive ketones (excluding diaryl/α,β-unsaturated/α-hetero) is 1. The van der Waals surface area contributed by atoms with E-state index < -0.39 is 0 Å². The fourth-order valence-electron chi connectivity index (χ4n) is 1.45. The maximum Gasteiger partial charge on any atom is 0.165 e. The van der Waals surface area contributed by atoms with Crippen LogP contribution in [0.5, 0.6) is 0 Å². The van der Waals surface area contributed by atoms with E-state index in [4.69, 9.17) is 0 Å². The van der Waals surface area contributed by atoms with E-state index in [0.29, 0.717) is 5.78 Å². The zero-order valence-electron chi connectivity index (χ0n) is 8.05. The molecule has 0 aromatic heterocycles. The lowest BCUT2D eigenvalue weighted by atomic mass is 9.88. The highest BCUT2D eigenvalue weighted by molar-refractivity contribution is 6.00. The summed E-state index contributed by atoms with van der Waals surface area (Å²) in [6.45, 7) is 6.05. The first kappa shape index (κ1) is 9.24. The predicted octanol–water partition coefficient (Wildman–Crippen LogP) is 2.88. The molecule has 1 aliphatic rings. The van der Waals surface area contributed by atoms with E-state index in [9.17, 15) is 4.79 Å². The Kier molecular flexibility index (Phi) is 2.85. The highest BCUT2D eigenvalue weighted by atomic mass is 16.1. The van der Waals surface area contributed by atoms with Gasteiger partial charge in [0.05, 0.1) is 0 Å². The van der Waals surface area contributed by atoms with Crippen molar-refractivity contribution in [3.63, 3.8) is 0 Å². The second-order valence-electron chi connectivity index (χ2n) is 3.72. The van der Waals surface area contributed by atoms with E-state index in [1.165, 1.54) is 5.57 Å². The third kappa shape index (κ3) is 2.07. The summed E-state index contributed by atoms with van der Waals surface area (Å²) in [5, 5.41) is 0. The molecule has 1 rings (SSSR count). The highest BCUT2D eigenvalue weighted by Crippen LogP contribution is 2.21. The Labute approximate surface area is 74.2 Å². The Balaban J connectivity index is 2.83. The number of rotatable bonds is 1. The average Bonchev–Trinajstić information content (AvgIpc) is 1.98. The standard InChI is InChI=1S/C11H16O/c1-8(2)7-10-6-4-5-9(3)11(10)12/h6-7,9H,4-5H2,1-3H3. The summed E-state index contributed by atoms with van der Waals surface area (Å²) < 4.78 is 0. The number of carbonyl (C=O) groups is 1. The Hall–Kier alpha value is -0.850. The third-order valence-electron chi connectivity index (χ3n) is 2.14. The Morgan fingerprint density at radius 2 is 2.25 bits per heavy atom. The molecule has 1 heteroatoms. The molecular formula is C11H16O. The SMILES string of the molecule is CC(C)=CC1=CCCC(C)C1=O. The second-order valence-corrected chi connectivity index (χ2v) is 3.72. The number of hydrogen-bond acceptors (Lipinski definition) is 1. The van der Waals surface area contributed by atoms with Crippen molar-refractivity contribution >= 4 is 5.78 Å². The molecule has 1 atom stereocenters. The lowest BCUT2D eigenvalue weighted by molar-refractivity contribution is -0.118. The van der Waals surface area contributed by atoms with Gasteiger partial charge in [0.1, 0.15) is 0 Å². The molecule has 0 bridgehead atoms. The fourth-order valence-corrected chi connectivity index (χ4v) is 1.45. The summed E-state index contributed by atoms with van der Waals surface area (Å²) >= 11 is 0. The van der Waals surface area contributed by atoms with Gasteiger partial charge in [-0.3, -0.25) is 4.79 Å². The number of hydrogen-bond donors (Lipinski definition) is 0. The van der Waals surface area contributed by atoms with Crippen LogP contribution in [0.2, 0.25) is 0 Å². The van der Waals surface area contributed by atoms with Gasteiger partial charge in [-0.05, 0) is 26.7 Å². The maximum atomic E-state index is 11.5. The number of carbonyl (C=O) groups excluding carboxylic acids is 1. The number of ketones is 1. The molecule has 0 radical (unpaired) electrons. The zero-order valence-corrected chi connectivity index (χ0v) is 8.05. The van der Waals surface area contributed by atoms with Crippen molar-refractivity contribution in [2.75, 3.05) is 0 Å². The van der Waals surface area contributed by atoms with Gasteiger partial charge in [-0.25, -0.2) is 0 Å².